The Morgan fingerprint density at radius 3 is 2.43 bits per heavy atom. The summed E-state index contributed by atoms with van der Waals surface area (Å²) in [7, 11) is 0. The minimum absolute atomic E-state index is 0.0607. The molecule has 0 aliphatic rings. The van der Waals surface area contributed by atoms with Gasteiger partial charge in [-0.05, 0) is 6.07 Å². The van der Waals surface area contributed by atoms with E-state index in [1.165, 1.54) is 18.7 Å². The maximum atomic E-state index is 13.1. The highest BCUT2D eigenvalue weighted by Gasteiger charge is 2.07. The molecule has 0 saturated carbocycles. The van der Waals surface area contributed by atoms with Gasteiger partial charge in [-0.3, -0.25) is 0 Å². The first kappa shape index (κ1) is 8.68. The number of rotatable bonds is 1. The Balaban J connectivity index is 2.57. The fourth-order valence-corrected chi connectivity index (χ4v) is 1.06. The topological polar surface area (TPSA) is 38.7 Å². The van der Waals surface area contributed by atoms with Crippen LogP contribution in [0.5, 0.6) is 0 Å². The zero-order valence-corrected chi connectivity index (χ0v) is 6.98. The third-order valence-electron chi connectivity index (χ3n) is 1.68. The monoisotopic (exact) mass is 193 g/mol. The normalized spacial score (nSPS) is 10.1. The smallest absolute Gasteiger partial charge is 0.221 e. The molecule has 5 heteroatoms. The molecule has 0 atom stereocenters. The van der Waals surface area contributed by atoms with Crippen LogP contribution in [0.1, 0.15) is 0 Å². The van der Waals surface area contributed by atoms with Crippen molar-refractivity contribution in [2.75, 3.05) is 0 Å². The molecule has 0 fully saturated rings. The molecule has 0 unspecified atom stereocenters. The van der Waals surface area contributed by atoms with Gasteiger partial charge in [0, 0.05) is 23.5 Å². The maximum absolute atomic E-state index is 13.1. The molecular formula is C9H5F2N3. The highest BCUT2D eigenvalue weighted by molar-refractivity contribution is 5.60. The third-order valence-corrected chi connectivity index (χ3v) is 1.68. The highest BCUT2D eigenvalue weighted by Crippen LogP contribution is 2.19. The SMILES string of the molecule is Fc1cnc(F)c(-c2cncnc2)c1. The molecule has 0 bridgehead atoms. The lowest BCUT2D eigenvalue weighted by atomic mass is 10.1. The van der Waals surface area contributed by atoms with E-state index in [4.69, 9.17) is 0 Å². The van der Waals surface area contributed by atoms with E-state index in [0.717, 1.165) is 12.3 Å². The van der Waals surface area contributed by atoms with Gasteiger partial charge in [-0.1, -0.05) is 0 Å². The van der Waals surface area contributed by atoms with Crippen molar-refractivity contribution in [2.24, 2.45) is 0 Å². The number of pyridine rings is 1. The standard InChI is InChI=1S/C9H5F2N3/c10-7-1-8(9(11)14-4-7)6-2-12-5-13-3-6/h1-5H. The summed E-state index contributed by atoms with van der Waals surface area (Å²) in [6.07, 6.45) is 4.93. The van der Waals surface area contributed by atoms with Crippen LogP contribution in [0.3, 0.4) is 0 Å². The van der Waals surface area contributed by atoms with Crippen molar-refractivity contribution in [3.63, 3.8) is 0 Å². The first-order valence-corrected chi connectivity index (χ1v) is 3.84. The van der Waals surface area contributed by atoms with Gasteiger partial charge in [-0.2, -0.15) is 4.39 Å². The van der Waals surface area contributed by atoms with Gasteiger partial charge in [0.2, 0.25) is 5.95 Å². The Labute approximate surface area is 78.5 Å². The fraction of sp³-hybridized carbons (Fsp3) is 0. The molecule has 0 aromatic carbocycles. The van der Waals surface area contributed by atoms with Gasteiger partial charge >= 0.3 is 0 Å². The van der Waals surface area contributed by atoms with Crippen LogP contribution in [0.25, 0.3) is 11.1 Å². The first-order chi connectivity index (χ1) is 6.77. The molecule has 2 rings (SSSR count). The van der Waals surface area contributed by atoms with E-state index in [-0.39, 0.29) is 5.56 Å². The lowest BCUT2D eigenvalue weighted by molar-refractivity contribution is 0.563. The van der Waals surface area contributed by atoms with E-state index < -0.39 is 11.8 Å². The fourth-order valence-electron chi connectivity index (χ4n) is 1.06. The number of aromatic nitrogens is 3. The van der Waals surface area contributed by atoms with E-state index >= 15 is 0 Å². The molecule has 0 aliphatic heterocycles. The highest BCUT2D eigenvalue weighted by atomic mass is 19.1. The number of hydrogen-bond acceptors (Lipinski definition) is 3. The largest absolute Gasteiger partial charge is 0.244 e. The van der Waals surface area contributed by atoms with Crippen molar-refractivity contribution in [3.05, 3.63) is 42.7 Å². The molecule has 0 radical (unpaired) electrons. The number of hydrogen-bond donors (Lipinski definition) is 0. The van der Waals surface area contributed by atoms with Crippen molar-refractivity contribution in [2.45, 2.75) is 0 Å². The zero-order chi connectivity index (χ0) is 9.97. The Bertz CT molecular complexity index is 445. The van der Waals surface area contributed by atoms with Crippen LogP contribution < -0.4 is 0 Å². The van der Waals surface area contributed by atoms with Crippen molar-refractivity contribution < 1.29 is 8.78 Å². The van der Waals surface area contributed by atoms with E-state index in [1.807, 2.05) is 0 Å². The Kier molecular flexibility index (Phi) is 2.14. The summed E-state index contributed by atoms with van der Waals surface area (Å²) < 4.78 is 25.9. The summed E-state index contributed by atoms with van der Waals surface area (Å²) in [5.74, 6) is -1.33. The van der Waals surface area contributed by atoms with Crippen LogP contribution in [-0.4, -0.2) is 15.0 Å². The van der Waals surface area contributed by atoms with Crippen molar-refractivity contribution in [3.8, 4) is 11.1 Å². The van der Waals surface area contributed by atoms with Crippen molar-refractivity contribution in [1.82, 2.24) is 15.0 Å². The van der Waals surface area contributed by atoms with E-state index in [0.29, 0.717) is 5.56 Å². The average Bonchev–Trinajstić information content (AvgIpc) is 2.23. The van der Waals surface area contributed by atoms with Crippen molar-refractivity contribution in [1.29, 1.82) is 0 Å². The minimum atomic E-state index is -0.735. The number of nitrogens with zero attached hydrogens (tertiary/aromatic N) is 3. The molecular weight excluding hydrogens is 188 g/mol. The molecule has 3 nitrogen and oxygen atoms in total. The lowest BCUT2D eigenvalue weighted by Crippen LogP contribution is -1.91. The Morgan fingerprint density at radius 2 is 1.71 bits per heavy atom. The zero-order valence-electron chi connectivity index (χ0n) is 6.98. The van der Waals surface area contributed by atoms with Gasteiger partial charge < -0.3 is 0 Å². The molecule has 0 spiro atoms. The maximum Gasteiger partial charge on any atom is 0.221 e. The van der Waals surface area contributed by atoms with Crippen LogP contribution in [-0.2, 0) is 0 Å². The molecule has 0 amide bonds. The number of halogens is 2. The second-order valence-electron chi connectivity index (χ2n) is 2.62. The van der Waals surface area contributed by atoms with E-state index in [9.17, 15) is 8.78 Å². The summed E-state index contributed by atoms with van der Waals surface area (Å²) in [5.41, 5.74) is 0.461. The van der Waals surface area contributed by atoms with Gasteiger partial charge in [-0.15, -0.1) is 0 Å². The van der Waals surface area contributed by atoms with Crippen LogP contribution in [0.15, 0.2) is 31.0 Å². The van der Waals surface area contributed by atoms with Gasteiger partial charge in [0.25, 0.3) is 0 Å². The Hall–Kier alpha value is -1.91. The molecule has 14 heavy (non-hydrogen) atoms. The molecule has 2 aromatic rings. The summed E-state index contributed by atoms with van der Waals surface area (Å²) in [6, 6.07) is 1.06. The second kappa shape index (κ2) is 3.45. The van der Waals surface area contributed by atoms with Crippen LogP contribution in [0.4, 0.5) is 8.78 Å². The minimum Gasteiger partial charge on any atom is -0.244 e. The van der Waals surface area contributed by atoms with E-state index in [1.54, 1.807) is 0 Å². The van der Waals surface area contributed by atoms with Crippen LogP contribution in [0, 0.1) is 11.8 Å². The summed E-state index contributed by atoms with van der Waals surface area (Å²) in [5, 5.41) is 0. The molecule has 2 aromatic heterocycles. The first-order valence-electron chi connectivity index (χ1n) is 3.84. The summed E-state index contributed by atoms with van der Waals surface area (Å²) >= 11 is 0. The summed E-state index contributed by atoms with van der Waals surface area (Å²) in [4.78, 5) is 10.7. The molecule has 0 aliphatic carbocycles. The van der Waals surface area contributed by atoms with Gasteiger partial charge in [-0.25, -0.2) is 19.3 Å². The molecule has 0 saturated heterocycles. The van der Waals surface area contributed by atoms with E-state index in [2.05, 4.69) is 15.0 Å². The van der Waals surface area contributed by atoms with Crippen molar-refractivity contribution >= 4 is 0 Å². The molecule has 0 N–H and O–H groups in total. The predicted molar refractivity (Wildman–Crippen MR) is 45.2 cm³/mol. The van der Waals surface area contributed by atoms with Crippen LogP contribution >= 0.6 is 0 Å². The quantitative estimate of drug-likeness (QED) is 0.648. The predicted octanol–water partition coefficient (Wildman–Crippen LogP) is 1.82. The van der Waals surface area contributed by atoms with Gasteiger partial charge in [0.1, 0.15) is 12.1 Å². The van der Waals surface area contributed by atoms with Gasteiger partial charge in [0.05, 0.1) is 6.20 Å². The lowest BCUT2D eigenvalue weighted by Gasteiger charge is -2.00. The average molecular weight is 193 g/mol. The van der Waals surface area contributed by atoms with Gasteiger partial charge in [0.15, 0.2) is 0 Å². The second-order valence-corrected chi connectivity index (χ2v) is 2.62. The molecule has 2 heterocycles. The third kappa shape index (κ3) is 1.56. The summed E-state index contributed by atoms with van der Waals surface area (Å²) in [6.45, 7) is 0. The van der Waals surface area contributed by atoms with Crippen LogP contribution in [0.2, 0.25) is 0 Å². The Morgan fingerprint density at radius 1 is 1.00 bits per heavy atom. The molecule has 70 valence electrons.